The summed E-state index contributed by atoms with van der Waals surface area (Å²) >= 11 is 3.66. The van der Waals surface area contributed by atoms with Gasteiger partial charge >= 0.3 is 0 Å². The summed E-state index contributed by atoms with van der Waals surface area (Å²) in [6.07, 6.45) is 5.90. The number of benzene rings is 2. The lowest BCUT2D eigenvalue weighted by Gasteiger charge is -2.36. The van der Waals surface area contributed by atoms with E-state index < -0.39 is 0 Å². The van der Waals surface area contributed by atoms with Gasteiger partial charge in [-0.3, -0.25) is 4.79 Å². The highest BCUT2D eigenvalue weighted by Gasteiger charge is 2.38. The molecule has 1 unspecified atom stereocenters. The molecule has 1 aliphatic heterocycles. The second kappa shape index (κ2) is 9.81. The number of carbonyl (C=O) groups is 1. The largest absolute Gasteiger partial charge is 0.387 e. The number of aryl methyl sites for hydroxylation is 1. The van der Waals surface area contributed by atoms with Crippen molar-refractivity contribution in [3.05, 3.63) is 74.5 Å². The van der Waals surface area contributed by atoms with E-state index in [9.17, 15) is 4.79 Å². The molecule has 0 spiro atoms. The van der Waals surface area contributed by atoms with E-state index in [4.69, 9.17) is 5.10 Å². The van der Waals surface area contributed by atoms with Crippen LogP contribution in [0.4, 0.5) is 5.69 Å². The fourth-order valence-electron chi connectivity index (χ4n) is 5.84. The smallest absolute Gasteiger partial charge is 0.256 e. The molecule has 0 saturated heterocycles. The number of halogens is 1. The van der Waals surface area contributed by atoms with E-state index in [0.717, 1.165) is 65.5 Å². The molecule has 0 fully saturated rings. The molecule has 5 nitrogen and oxygen atoms in total. The number of hydrogen-bond acceptors (Lipinski definition) is 3. The molecule has 1 amide bonds. The standard InChI is InChI=1S/C29H35BrN4O/c1-5-21-23(30)15-14-22(28(21)31-4)29(35)33-17-16-26-27-24(8-6-7-9-25(27)33)32-34(26)20-12-10-19(11-13-20)18(2)3/h10-15,18,25,31H,5-9,16-17H2,1-4H3. The summed E-state index contributed by atoms with van der Waals surface area (Å²) in [5, 5.41) is 8.43. The number of nitrogens with one attached hydrogen (secondary N) is 1. The highest BCUT2D eigenvalue weighted by Crippen LogP contribution is 2.41. The monoisotopic (exact) mass is 534 g/mol. The van der Waals surface area contributed by atoms with Gasteiger partial charge in [0.1, 0.15) is 0 Å². The number of amides is 1. The Hall–Kier alpha value is -2.60. The molecular formula is C29H35BrN4O. The number of aromatic nitrogens is 2. The van der Waals surface area contributed by atoms with Crippen LogP contribution in [0.2, 0.25) is 0 Å². The first-order valence-corrected chi connectivity index (χ1v) is 13.7. The summed E-state index contributed by atoms with van der Waals surface area (Å²) in [6.45, 7) is 7.29. The molecule has 2 heterocycles. The number of rotatable bonds is 5. The van der Waals surface area contributed by atoms with Crippen molar-refractivity contribution in [3.63, 3.8) is 0 Å². The van der Waals surface area contributed by atoms with Crippen molar-refractivity contribution >= 4 is 27.5 Å². The Balaban J connectivity index is 1.54. The topological polar surface area (TPSA) is 50.2 Å². The molecule has 184 valence electrons. The van der Waals surface area contributed by atoms with E-state index in [1.165, 1.54) is 22.5 Å². The van der Waals surface area contributed by atoms with E-state index in [-0.39, 0.29) is 11.9 Å². The first-order valence-electron chi connectivity index (χ1n) is 13.0. The fraction of sp³-hybridized carbons (Fsp3) is 0.448. The van der Waals surface area contributed by atoms with Crippen molar-refractivity contribution in [2.24, 2.45) is 0 Å². The van der Waals surface area contributed by atoms with Gasteiger partial charge in [-0.25, -0.2) is 4.68 Å². The summed E-state index contributed by atoms with van der Waals surface area (Å²) in [7, 11) is 1.91. The van der Waals surface area contributed by atoms with Crippen LogP contribution in [0.3, 0.4) is 0 Å². The molecule has 1 atom stereocenters. The first-order chi connectivity index (χ1) is 16.9. The molecule has 1 aliphatic carbocycles. The van der Waals surface area contributed by atoms with Crippen molar-refractivity contribution in [1.82, 2.24) is 14.7 Å². The predicted molar refractivity (Wildman–Crippen MR) is 146 cm³/mol. The van der Waals surface area contributed by atoms with E-state index in [2.05, 4.69) is 75.9 Å². The zero-order chi connectivity index (χ0) is 24.7. The van der Waals surface area contributed by atoms with Crippen LogP contribution < -0.4 is 5.32 Å². The van der Waals surface area contributed by atoms with Gasteiger partial charge in [0.2, 0.25) is 0 Å². The second-order valence-electron chi connectivity index (χ2n) is 10.0. The van der Waals surface area contributed by atoms with Crippen LogP contribution in [0.1, 0.15) is 90.4 Å². The summed E-state index contributed by atoms with van der Waals surface area (Å²) in [5.41, 5.74) is 9.06. The van der Waals surface area contributed by atoms with Gasteiger partial charge in [-0.2, -0.15) is 5.10 Å². The predicted octanol–water partition coefficient (Wildman–Crippen LogP) is 6.83. The van der Waals surface area contributed by atoms with E-state index in [0.29, 0.717) is 12.5 Å². The lowest BCUT2D eigenvalue weighted by atomic mass is 9.93. The minimum absolute atomic E-state index is 0.0888. The summed E-state index contributed by atoms with van der Waals surface area (Å²) in [5.74, 6) is 0.629. The van der Waals surface area contributed by atoms with E-state index in [1.54, 1.807) is 0 Å². The number of carbonyl (C=O) groups excluding carboxylic acids is 1. The molecular weight excluding hydrogens is 500 g/mol. The normalized spacial score (nSPS) is 17.3. The van der Waals surface area contributed by atoms with Gasteiger partial charge in [-0.1, -0.05) is 55.3 Å². The molecule has 5 rings (SSSR count). The van der Waals surface area contributed by atoms with Crippen LogP contribution in [0.25, 0.3) is 5.69 Å². The molecule has 0 bridgehead atoms. The average molecular weight is 536 g/mol. The van der Waals surface area contributed by atoms with Crippen molar-refractivity contribution in [1.29, 1.82) is 0 Å². The maximum atomic E-state index is 14.0. The van der Waals surface area contributed by atoms with Gasteiger partial charge < -0.3 is 10.2 Å². The van der Waals surface area contributed by atoms with Gasteiger partial charge in [0.05, 0.1) is 34.4 Å². The van der Waals surface area contributed by atoms with Gasteiger partial charge in [0.25, 0.3) is 5.91 Å². The van der Waals surface area contributed by atoms with Crippen LogP contribution in [0.15, 0.2) is 40.9 Å². The Kier molecular flexibility index (Phi) is 6.75. The maximum Gasteiger partial charge on any atom is 0.256 e. The van der Waals surface area contributed by atoms with Gasteiger partial charge in [0.15, 0.2) is 0 Å². The number of anilines is 1. The third kappa shape index (κ3) is 4.20. The van der Waals surface area contributed by atoms with Crippen molar-refractivity contribution in [3.8, 4) is 5.69 Å². The van der Waals surface area contributed by atoms with Gasteiger partial charge in [-0.15, -0.1) is 0 Å². The summed E-state index contributed by atoms with van der Waals surface area (Å²) in [4.78, 5) is 16.1. The van der Waals surface area contributed by atoms with E-state index in [1.807, 2.05) is 19.2 Å². The SMILES string of the molecule is CCc1c(Br)ccc(C(=O)N2CCc3c4c(nn3-c3ccc(C(C)C)cc3)CCCCC42)c1NC. The van der Waals surface area contributed by atoms with Crippen molar-refractivity contribution < 1.29 is 4.79 Å². The minimum atomic E-state index is 0.0888. The molecule has 6 heteroatoms. The van der Waals surface area contributed by atoms with Crippen LogP contribution in [-0.2, 0) is 19.3 Å². The lowest BCUT2D eigenvalue weighted by molar-refractivity contribution is 0.0649. The highest BCUT2D eigenvalue weighted by molar-refractivity contribution is 9.10. The minimum Gasteiger partial charge on any atom is -0.387 e. The third-order valence-corrected chi connectivity index (χ3v) is 8.44. The Morgan fingerprint density at radius 1 is 1.14 bits per heavy atom. The molecule has 0 saturated carbocycles. The maximum absolute atomic E-state index is 14.0. The van der Waals surface area contributed by atoms with Gasteiger partial charge in [0, 0.05) is 30.0 Å². The molecule has 2 aliphatic rings. The quantitative estimate of drug-likeness (QED) is 0.390. The van der Waals surface area contributed by atoms with Crippen LogP contribution in [0, 0.1) is 0 Å². The van der Waals surface area contributed by atoms with Crippen LogP contribution in [-0.4, -0.2) is 34.2 Å². The zero-order valence-electron chi connectivity index (χ0n) is 21.2. The second-order valence-corrected chi connectivity index (χ2v) is 10.9. The molecule has 1 aromatic heterocycles. The Morgan fingerprint density at radius 3 is 2.60 bits per heavy atom. The van der Waals surface area contributed by atoms with E-state index >= 15 is 0 Å². The Morgan fingerprint density at radius 2 is 1.91 bits per heavy atom. The van der Waals surface area contributed by atoms with Crippen molar-refractivity contribution in [2.75, 3.05) is 18.9 Å². The Bertz CT molecular complexity index is 1240. The molecule has 3 aromatic rings. The van der Waals surface area contributed by atoms with Crippen LogP contribution in [0.5, 0.6) is 0 Å². The molecule has 1 N–H and O–H groups in total. The number of hydrogen-bond donors (Lipinski definition) is 1. The Labute approximate surface area is 217 Å². The summed E-state index contributed by atoms with van der Waals surface area (Å²) < 4.78 is 3.20. The first kappa shape index (κ1) is 24.1. The molecule has 0 radical (unpaired) electrons. The number of nitrogens with zero attached hydrogens (tertiary/aromatic N) is 3. The summed E-state index contributed by atoms with van der Waals surface area (Å²) in [6, 6.07) is 12.9. The fourth-order valence-corrected chi connectivity index (χ4v) is 6.45. The highest BCUT2D eigenvalue weighted by atomic mass is 79.9. The average Bonchev–Trinajstić information content (AvgIpc) is 3.11. The lowest BCUT2D eigenvalue weighted by Crippen LogP contribution is -2.40. The van der Waals surface area contributed by atoms with Crippen LogP contribution >= 0.6 is 15.9 Å². The van der Waals surface area contributed by atoms with Gasteiger partial charge in [-0.05, 0) is 67.0 Å². The zero-order valence-corrected chi connectivity index (χ0v) is 22.8. The van der Waals surface area contributed by atoms with Crippen molar-refractivity contribution in [2.45, 2.75) is 71.3 Å². The molecule has 35 heavy (non-hydrogen) atoms. The molecule has 2 aromatic carbocycles. The third-order valence-electron chi connectivity index (χ3n) is 7.69.